The lowest BCUT2D eigenvalue weighted by atomic mass is 9.59. The number of allylic oxidation sites excluding steroid dienone is 2. The number of fused-ring (bicyclic) bond motifs is 6. The third kappa shape index (κ3) is 2.97. The van der Waals surface area contributed by atoms with E-state index in [0.717, 1.165) is 24.8 Å². The van der Waals surface area contributed by atoms with Crippen LogP contribution < -0.4 is 0 Å². The van der Waals surface area contributed by atoms with E-state index in [-0.39, 0.29) is 53.3 Å². The monoisotopic (exact) mass is 423 g/mol. The number of nitrogens with one attached hydrogen (secondary N) is 1. The summed E-state index contributed by atoms with van der Waals surface area (Å²) in [5.41, 5.74) is -1.25. The van der Waals surface area contributed by atoms with Crippen molar-refractivity contribution in [3.05, 3.63) is 11.6 Å². The van der Waals surface area contributed by atoms with Gasteiger partial charge in [0.05, 0.1) is 0 Å². The Hall–Kier alpha value is -2.22. The number of ether oxygens (including phenoxy) is 1. The predicted molar refractivity (Wildman–Crippen MR) is 117 cm³/mol. The summed E-state index contributed by atoms with van der Waals surface area (Å²) in [6.45, 7) is 7.22. The van der Waals surface area contributed by atoms with E-state index in [1.54, 1.807) is 13.0 Å². The van der Waals surface area contributed by atoms with Crippen LogP contribution in [-0.2, 0) is 19.1 Å². The number of ketones is 3. The van der Waals surface area contributed by atoms with Gasteiger partial charge in [-0.15, -0.1) is 6.42 Å². The number of carbonyl (C=O) groups excluding carboxylic acids is 3. The molecule has 0 amide bonds. The summed E-state index contributed by atoms with van der Waals surface area (Å²) in [4.78, 5) is 39.1. The molecular weight excluding hydrogens is 390 g/mol. The van der Waals surface area contributed by atoms with E-state index in [1.165, 1.54) is 6.92 Å². The maximum Gasteiger partial charge on any atom is 0.178 e. The summed E-state index contributed by atoms with van der Waals surface area (Å²) in [7, 11) is 0. The fourth-order valence-electron chi connectivity index (χ4n) is 7.73. The second-order valence-corrected chi connectivity index (χ2v) is 10.7. The molecule has 4 rings (SSSR count). The molecule has 7 atom stereocenters. The highest BCUT2D eigenvalue weighted by molar-refractivity contribution is 5.94. The van der Waals surface area contributed by atoms with Gasteiger partial charge in [0.2, 0.25) is 0 Å². The highest BCUT2D eigenvalue weighted by Crippen LogP contribution is 2.65. The van der Waals surface area contributed by atoms with E-state index in [9.17, 15) is 14.4 Å². The first kappa shape index (κ1) is 22.0. The van der Waals surface area contributed by atoms with E-state index < -0.39 is 16.4 Å². The summed E-state index contributed by atoms with van der Waals surface area (Å²) in [5, 5.41) is 7.96. The smallest absolute Gasteiger partial charge is 0.178 e. The molecule has 2 bridgehead atoms. The fourth-order valence-corrected chi connectivity index (χ4v) is 7.73. The van der Waals surface area contributed by atoms with Gasteiger partial charge in [0.1, 0.15) is 5.78 Å². The van der Waals surface area contributed by atoms with Crippen molar-refractivity contribution < 1.29 is 19.1 Å². The Morgan fingerprint density at radius 3 is 2.55 bits per heavy atom. The van der Waals surface area contributed by atoms with Gasteiger partial charge in [0.15, 0.2) is 23.1 Å². The molecule has 5 nitrogen and oxygen atoms in total. The Morgan fingerprint density at radius 1 is 1.23 bits per heavy atom. The van der Waals surface area contributed by atoms with Gasteiger partial charge < -0.3 is 4.74 Å². The van der Waals surface area contributed by atoms with Crippen molar-refractivity contribution in [2.45, 2.75) is 78.2 Å². The van der Waals surface area contributed by atoms with Crippen LogP contribution in [-0.4, -0.2) is 28.8 Å². The summed E-state index contributed by atoms with van der Waals surface area (Å²) in [6, 6.07) is 0. The molecule has 1 N–H and O–H groups in total. The average Bonchev–Trinajstić information content (AvgIpc) is 2.82. The van der Waals surface area contributed by atoms with E-state index in [1.807, 2.05) is 6.92 Å². The number of terminal acetylenes is 1. The topological polar surface area (TPSA) is 84.3 Å². The number of Topliss-reactive ketones (excluding diaryl/α,β-unsaturated/α-hetero) is 2. The van der Waals surface area contributed by atoms with Gasteiger partial charge >= 0.3 is 0 Å². The first-order chi connectivity index (χ1) is 14.5. The van der Waals surface area contributed by atoms with Gasteiger partial charge in [-0.1, -0.05) is 19.8 Å². The molecule has 31 heavy (non-hydrogen) atoms. The molecule has 0 aromatic heterocycles. The van der Waals surface area contributed by atoms with Gasteiger partial charge in [-0.05, 0) is 62.5 Å². The molecular formula is C26H33NO4. The van der Waals surface area contributed by atoms with Crippen molar-refractivity contribution in [3.63, 3.8) is 0 Å². The largest absolute Gasteiger partial charge is 0.467 e. The van der Waals surface area contributed by atoms with Crippen LogP contribution in [0.25, 0.3) is 0 Å². The third-order valence-corrected chi connectivity index (χ3v) is 9.23. The number of carbonyl (C=O) groups is 3. The second kappa shape index (κ2) is 7.15. The van der Waals surface area contributed by atoms with Crippen molar-refractivity contribution in [2.24, 2.45) is 34.5 Å². The predicted octanol–water partition coefficient (Wildman–Crippen LogP) is 4.29. The first-order valence-corrected chi connectivity index (χ1v) is 11.5. The van der Waals surface area contributed by atoms with Crippen molar-refractivity contribution in [1.82, 2.24) is 0 Å². The van der Waals surface area contributed by atoms with Crippen LogP contribution in [0.3, 0.4) is 0 Å². The lowest BCUT2D eigenvalue weighted by Crippen LogP contribution is -2.54. The highest BCUT2D eigenvalue weighted by Gasteiger charge is 2.67. The minimum absolute atomic E-state index is 0.0124. The molecule has 0 saturated heterocycles. The quantitative estimate of drug-likeness (QED) is 0.408. The Labute approximate surface area is 184 Å². The molecule has 4 aliphatic carbocycles. The molecule has 0 aromatic carbocycles. The lowest BCUT2D eigenvalue weighted by molar-refractivity contribution is -0.150. The van der Waals surface area contributed by atoms with E-state index in [0.29, 0.717) is 19.3 Å². The molecule has 3 saturated carbocycles. The fraction of sp³-hybridized carbons (Fsp3) is 0.692. The molecule has 0 heterocycles. The Bertz CT molecular complexity index is 942. The van der Waals surface area contributed by atoms with E-state index in [2.05, 4.69) is 12.8 Å². The zero-order chi connectivity index (χ0) is 22.8. The van der Waals surface area contributed by atoms with E-state index in [4.69, 9.17) is 16.6 Å². The van der Waals surface area contributed by atoms with Gasteiger partial charge in [-0.3, -0.25) is 19.8 Å². The summed E-state index contributed by atoms with van der Waals surface area (Å²) in [5.74, 6) is 3.02. The summed E-state index contributed by atoms with van der Waals surface area (Å²) < 4.78 is 6.00. The molecule has 166 valence electrons. The van der Waals surface area contributed by atoms with Gasteiger partial charge in [0, 0.05) is 42.4 Å². The normalized spacial score (nSPS) is 44.2. The van der Waals surface area contributed by atoms with Crippen molar-refractivity contribution in [1.29, 1.82) is 5.41 Å². The zero-order valence-corrected chi connectivity index (χ0v) is 19.0. The van der Waals surface area contributed by atoms with E-state index >= 15 is 0 Å². The highest BCUT2D eigenvalue weighted by atomic mass is 16.5. The molecule has 0 aliphatic heterocycles. The minimum Gasteiger partial charge on any atom is -0.467 e. The molecule has 0 aromatic rings. The number of hydrogen-bond acceptors (Lipinski definition) is 5. The van der Waals surface area contributed by atoms with Crippen molar-refractivity contribution >= 4 is 23.2 Å². The maximum absolute atomic E-state index is 13.9. The maximum atomic E-state index is 13.9. The molecule has 3 fully saturated rings. The Kier molecular flexibility index (Phi) is 5.07. The van der Waals surface area contributed by atoms with Gasteiger partial charge in [-0.2, -0.15) is 0 Å². The minimum atomic E-state index is -1.14. The number of rotatable bonds is 2. The third-order valence-electron chi connectivity index (χ3n) is 9.23. The van der Waals surface area contributed by atoms with Crippen LogP contribution in [0, 0.1) is 52.3 Å². The lowest BCUT2D eigenvalue weighted by Gasteiger charge is -2.46. The van der Waals surface area contributed by atoms with Crippen LogP contribution in [0.2, 0.25) is 0 Å². The van der Waals surface area contributed by atoms with Gasteiger partial charge in [0.25, 0.3) is 0 Å². The van der Waals surface area contributed by atoms with Crippen LogP contribution in [0.5, 0.6) is 0 Å². The Balaban J connectivity index is 1.86. The molecule has 4 aliphatic rings. The molecule has 0 radical (unpaired) electrons. The van der Waals surface area contributed by atoms with Crippen LogP contribution in [0.1, 0.15) is 72.6 Å². The molecule has 0 spiro atoms. The first-order valence-electron chi connectivity index (χ1n) is 11.5. The summed E-state index contributed by atoms with van der Waals surface area (Å²) in [6.07, 6.45) is 11.8. The number of hydrogen-bond donors (Lipinski definition) is 1. The average molecular weight is 424 g/mol. The van der Waals surface area contributed by atoms with Crippen LogP contribution in [0.15, 0.2) is 11.6 Å². The van der Waals surface area contributed by atoms with Gasteiger partial charge in [-0.25, -0.2) is 0 Å². The van der Waals surface area contributed by atoms with Crippen LogP contribution >= 0.6 is 0 Å². The Morgan fingerprint density at radius 2 is 1.94 bits per heavy atom. The summed E-state index contributed by atoms with van der Waals surface area (Å²) >= 11 is 0. The molecule has 5 heteroatoms. The van der Waals surface area contributed by atoms with Crippen molar-refractivity contribution in [3.8, 4) is 12.3 Å². The SMILES string of the molecule is C#C[C@H]1CC2C[C@H](C(=O)C[C@@]3(C)[C@H]2CC[C@]3(OC(C)=N)C(C)=O)[C@@]2(C)CCC(=O)C=C12. The standard InChI is InChI=1S/C26H33NO4/c1-6-17-11-18-12-22(24(4)9-7-19(29)13-21(17)24)23(30)14-25(5)20(18)8-10-26(25,15(2)28)31-16(3)27/h1,13,17-18,20,22,27H,7-12,14H2,2-5H3/t17-,18?,20-,22+,24-,25-,26-/m0/s1. The van der Waals surface area contributed by atoms with Crippen molar-refractivity contribution in [2.75, 3.05) is 0 Å². The van der Waals surface area contributed by atoms with Crippen LogP contribution in [0.4, 0.5) is 0 Å². The second-order valence-electron chi connectivity index (χ2n) is 10.7. The molecule has 1 unspecified atom stereocenters. The zero-order valence-electron chi connectivity index (χ0n) is 19.0.